The van der Waals surface area contributed by atoms with E-state index >= 15 is 0 Å². The zero-order valence-electron chi connectivity index (χ0n) is 16.5. The minimum absolute atomic E-state index is 0.177. The third-order valence-electron chi connectivity index (χ3n) is 5.66. The Morgan fingerprint density at radius 2 is 2.04 bits per heavy atom. The lowest BCUT2D eigenvalue weighted by Gasteiger charge is -2.35. The second kappa shape index (κ2) is 8.71. The van der Waals surface area contributed by atoms with Gasteiger partial charge in [0.2, 0.25) is 5.92 Å². The summed E-state index contributed by atoms with van der Waals surface area (Å²) in [7, 11) is 1.69. The number of likely N-dealkylation sites (tertiary alicyclic amines) is 1. The maximum Gasteiger partial charge on any atom is 0.412 e. The van der Waals surface area contributed by atoms with Crippen molar-refractivity contribution in [3.05, 3.63) is 11.9 Å². The fourth-order valence-corrected chi connectivity index (χ4v) is 3.49. The van der Waals surface area contributed by atoms with E-state index < -0.39 is 18.2 Å². The number of rotatable bonds is 8. The minimum atomic E-state index is -2.59. The van der Waals surface area contributed by atoms with Crippen molar-refractivity contribution in [2.24, 2.45) is 16.9 Å². The Hall–Kier alpha value is -1.77. The van der Waals surface area contributed by atoms with Crippen LogP contribution in [0.3, 0.4) is 0 Å². The zero-order chi connectivity index (χ0) is 20.3. The standard InChI is InChI=1S/C19H29F3N4O2/c1-13(15-9-19(21,22)10-15)24-25(2)17(8-14-4-3-5-14)23-18(27)28-7-6-26-11-16(20)12-26/h8,14-16H,3-7,9-12H2,1-2H3,(H,23,27)/b17-8+,24-13+. The summed E-state index contributed by atoms with van der Waals surface area (Å²) in [6.45, 7) is 3.18. The first-order chi connectivity index (χ1) is 13.2. The molecule has 0 atom stereocenters. The van der Waals surface area contributed by atoms with Gasteiger partial charge in [0, 0.05) is 51.2 Å². The smallest absolute Gasteiger partial charge is 0.412 e. The molecule has 158 valence electrons. The van der Waals surface area contributed by atoms with Crippen molar-refractivity contribution in [2.45, 2.75) is 51.1 Å². The van der Waals surface area contributed by atoms with Crippen LogP contribution in [0.15, 0.2) is 17.0 Å². The summed E-state index contributed by atoms with van der Waals surface area (Å²) in [5.74, 6) is -1.97. The van der Waals surface area contributed by atoms with E-state index in [1.807, 2.05) is 11.0 Å². The summed E-state index contributed by atoms with van der Waals surface area (Å²) >= 11 is 0. The van der Waals surface area contributed by atoms with Crippen molar-refractivity contribution < 1.29 is 22.7 Å². The van der Waals surface area contributed by atoms with Crippen LogP contribution in [0.25, 0.3) is 0 Å². The monoisotopic (exact) mass is 402 g/mol. The molecule has 28 heavy (non-hydrogen) atoms. The number of carbonyl (C=O) groups is 1. The first-order valence-electron chi connectivity index (χ1n) is 9.90. The second-order valence-electron chi connectivity index (χ2n) is 8.09. The van der Waals surface area contributed by atoms with E-state index in [-0.39, 0.29) is 25.4 Å². The number of alkyl carbamates (subject to hydrolysis) is 1. The van der Waals surface area contributed by atoms with Gasteiger partial charge in [0.05, 0.1) is 0 Å². The van der Waals surface area contributed by atoms with Gasteiger partial charge in [-0.05, 0) is 31.8 Å². The molecule has 2 aliphatic carbocycles. The number of allylic oxidation sites excluding steroid dienone is 1. The van der Waals surface area contributed by atoms with Crippen LogP contribution in [0.5, 0.6) is 0 Å². The number of halogens is 3. The van der Waals surface area contributed by atoms with Gasteiger partial charge >= 0.3 is 6.09 Å². The molecule has 1 amide bonds. The molecule has 0 spiro atoms. The average molecular weight is 402 g/mol. The second-order valence-corrected chi connectivity index (χ2v) is 8.09. The van der Waals surface area contributed by atoms with Gasteiger partial charge in [0.25, 0.3) is 0 Å². The number of amides is 1. The van der Waals surface area contributed by atoms with E-state index in [0.717, 1.165) is 19.3 Å². The van der Waals surface area contributed by atoms with Crippen LogP contribution in [0.4, 0.5) is 18.0 Å². The number of carbonyl (C=O) groups excluding carboxylic acids is 1. The van der Waals surface area contributed by atoms with E-state index in [4.69, 9.17) is 4.74 Å². The third kappa shape index (κ3) is 5.62. The molecular formula is C19H29F3N4O2. The summed E-state index contributed by atoms with van der Waals surface area (Å²) in [5.41, 5.74) is 0.627. The fraction of sp³-hybridized carbons (Fsp3) is 0.789. The normalized spacial score (nSPS) is 24.2. The van der Waals surface area contributed by atoms with Gasteiger partial charge in [-0.1, -0.05) is 6.42 Å². The van der Waals surface area contributed by atoms with E-state index in [0.29, 0.717) is 37.1 Å². The first kappa shape index (κ1) is 21.0. The number of nitrogens with zero attached hydrogens (tertiary/aromatic N) is 3. The van der Waals surface area contributed by atoms with Gasteiger partial charge in [-0.2, -0.15) is 5.10 Å². The van der Waals surface area contributed by atoms with Gasteiger partial charge in [-0.3, -0.25) is 15.2 Å². The van der Waals surface area contributed by atoms with Crippen molar-refractivity contribution in [2.75, 3.05) is 33.3 Å². The Morgan fingerprint density at radius 1 is 1.36 bits per heavy atom. The Bertz CT molecular complexity index is 623. The van der Waals surface area contributed by atoms with Gasteiger partial charge in [-0.15, -0.1) is 0 Å². The summed E-state index contributed by atoms with van der Waals surface area (Å²) < 4.78 is 44.1. The molecule has 1 saturated heterocycles. The molecule has 0 bridgehead atoms. The van der Waals surface area contributed by atoms with Crippen molar-refractivity contribution in [3.8, 4) is 0 Å². The van der Waals surface area contributed by atoms with E-state index in [2.05, 4.69) is 10.4 Å². The maximum absolute atomic E-state index is 13.1. The molecular weight excluding hydrogens is 373 g/mol. The van der Waals surface area contributed by atoms with Crippen molar-refractivity contribution >= 4 is 11.8 Å². The quantitative estimate of drug-likeness (QED) is 0.500. The van der Waals surface area contributed by atoms with Crippen molar-refractivity contribution in [3.63, 3.8) is 0 Å². The number of ether oxygens (including phenoxy) is 1. The van der Waals surface area contributed by atoms with Crippen LogP contribution < -0.4 is 5.32 Å². The van der Waals surface area contributed by atoms with Gasteiger partial charge in [0.1, 0.15) is 18.6 Å². The van der Waals surface area contributed by atoms with Gasteiger partial charge < -0.3 is 4.74 Å². The summed E-state index contributed by atoms with van der Waals surface area (Å²) in [6.07, 6.45) is 3.45. The largest absolute Gasteiger partial charge is 0.448 e. The topological polar surface area (TPSA) is 57.2 Å². The number of hydrogen-bond acceptors (Lipinski definition) is 5. The Balaban J connectivity index is 1.51. The van der Waals surface area contributed by atoms with Crippen molar-refractivity contribution in [1.82, 2.24) is 15.2 Å². The molecule has 1 aliphatic heterocycles. The van der Waals surface area contributed by atoms with E-state index in [1.165, 1.54) is 5.01 Å². The van der Waals surface area contributed by atoms with Crippen LogP contribution in [-0.2, 0) is 4.74 Å². The van der Waals surface area contributed by atoms with E-state index in [1.54, 1.807) is 14.0 Å². The molecule has 0 aromatic heterocycles. The number of alkyl halides is 3. The summed E-state index contributed by atoms with van der Waals surface area (Å²) in [4.78, 5) is 14.0. The van der Waals surface area contributed by atoms with Crippen LogP contribution in [-0.4, -0.2) is 67.1 Å². The zero-order valence-corrected chi connectivity index (χ0v) is 16.5. The predicted octanol–water partition coefficient (Wildman–Crippen LogP) is 3.36. The van der Waals surface area contributed by atoms with Crippen LogP contribution in [0.1, 0.15) is 39.0 Å². The van der Waals surface area contributed by atoms with Gasteiger partial charge in [-0.25, -0.2) is 18.0 Å². The Morgan fingerprint density at radius 3 is 2.57 bits per heavy atom. The van der Waals surface area contributed by atoms with E-state index in [9.17, 15) is 18.0 Å². The van der Waals surface area contributed by atoms with Crippen LogP contribution in [0, 0.1) is 11.8 Å². The predicted molar refractivity (Wildman–Crippen MR) is 99.8 cm³/mol. The van der Waals surface area contributed by atoms with Crippen LogP contribution in [0.2, 0.25) is 0 Å². The Kier molecular flexibility index (Phi) is 6.52. The molecule has 1 N–H and O–H groups in total. The lowest BCUT2D eigenvalue weighted by Crippen LogP contribution is -2.49. The molecule has 3 rings (SSSR count). The molecule has 0 radical (unpaired) electrons. The highest BCUT2D eigenvalue weighted by molar-refractivity contribution is 5.85. The summed E-state index contributed by atoms with van der Waals surface area (Å²) in [5, 5.41) is 8.63. The fourth-order valence-electron chi connectivity index (χ4n) is 3.49. The molecule has 2 saturated carbocycles. The highest BCUT2D eigenvalue weighted by Crippen LogP contribution is 2.43. The van der Waals surface area contributed by atoms with Crippen LogP contribution >= 0.6 is 0 Å². The summed E-state index contributed by atoms with van der Waals surface area (Å²) in [6, 6.07) is 0. The molecule has 6 nitrogen and oxygen atoms in total. The molecule has 0 unspecified atom stereocenters. The number of hydrazone groups is 1. The number of nitrogens with one attached hydrogen (secondary N) is 1. The maximum atomic E-state index is 13.1. The SMILES string of the molecule is C/C(=N\N(C)/C(=C/C1CCC1)NC(=O)OCCN1CC(F)C1)C1CC(F)(F)C1. The molecule has 3 fully saturated rings. The first-order valence-corrected chi connectivity index (χ1v) is 9.90. The lowest BCUT2D eigenvalue weighted by molar-refractivity contribution is -0.0913. The molecule has 0 aromatic rings. The van der Waals surface area contributed by atoms with Gasteiger partial charge in [0.15, 0.2) is 0 Å². The molecule has 0 aromatic carbocycles. The lowest BCUT2D eigenvalue weighted by atomic mass is 9.78. The highest BCUT2D eigenvalue weighted by atomic mass is 19.3. The number of hydrogen-bond donors (Lipinski definition) is 1. The average Bonchev–Trinajstić information content (AvgIpc) is 2.52. The van der Waals surface area contributed by atoms with Crippen molar-refractivity contribution in [1.29, 1.82) is 0 Å². The molecule has 1 heterocycles. The molecule has 3 aliphatic rings. The third-order valence-corrected chi connectivity index (χ3v) is 5.66. The minimum Gasteiger partial charge on any atom is -0.448 e. The Labute approximate surface area is 163 Å². The molecule has 9 heteroatoms. The highest BCUT2D eigenvalue weighted by Gasteiger charge is 2.46.